The molecule has 2 unspecified atom stereocenters. The second-order valence-corrected chi connectivity index (χ2v) is 4.25. The van der Waals surface area contributed by atoms with E-state index in [9.17, 15) is 19.2 Å². The summed E-state index contributed by atoms with van der Waals surface area (Å²) in [5, 5.41) is 19.6. The van der Waals surface area contributed by atoms with Gasteiger partial charge in [0, 0.05) is 6.54 Å². The fourth-order valence-corrected chi connectivity index (χ4v) is 1.78. The Hall–Kier alpha value is -2.36. The number of ether oxygens (including phenoxy) is 2. The van der Waals surface area contributed by atoms with Crippen LogP contribution in [0.15, 0.2) is 0 Å². The van der Waals surface area contributed by atoms with Crippen molar-refractivity contribution in [3.8, 4) is 0 Å². The molecule has 0 spiro atoms. The lowest BCUT2D eigenvalue weighted by Crippen LogP contribution is -2.58. The normalized spacial score (nSPS) is 19.5. The quantitative estimate of drug-likeness (QED) is 0.521. The highest BCUT2D eigenvalue weighted by atomic mass is 16.5. The van der Waals surface area contributed by atoms with Gasteiger partial charge in [-0.15, -0.1) is 0 Å². The number of morpholine rings is 1. The van der Waals surface area contributed by atoms with Gasteiger partial charge in [-0.05, 0) is 0 Å². The van der Waals surface area contributed by atoms with Crippen LogP contribution in [0.25, 0.3) is 0 Å². The summed E-state index contributed by atoms with van der Waals surface area (Å²) in [4.78, 5) is 46.1. The highest BCUT2D eigenvalue weighted by molar-refractivity contribution is 5.88. The molecule has 0 saturated carbocycles. The third kappa shape index (κ3) is 4.60. The van der Waals surface area contributed by atoms with Crippen LogP contribution in [0.3, 0.4) is 0 Å². The number of aliphatic carboxylic acids is 2. The van der Waals surface area contributed by atoms with E-state index in [-0.39, 0.29) is 19.8 Å². The summed E-state index contributed by atoms with van der Waals surface area (Å²) >= 11 is 0. The topological polar surface area (TPSA) is 142 Å². The van der Waals surface area contributed by atoms with E-state index in [4.69, 9.17) is 14.9 Å². The average molecular weight is 304 g/mol. The molecule has 0 aromatic heterocycles. The molecule has 3 N–H and O–H groups in total. The van der Waals surface area contributed by atoms with Gasteiger partial charge in [-0.2, -0.15) is 0 Å². The number of carbonyl (C=O) groups is 4. The standard InChI is InChI=1S/C11H16N2O8/c1-20-10(18)7-5-21-3-2-13(7)11(19)12-6(9(16)17)4-8(14)15/h6-7H,2-5H2,1H3,(H,12,19)(H,14,15)(H,16,17). The van der Waals surface area contributed by atoms with E-state index in [1.54, 1.807) is 0 Å². The van der Waals surface area contributed by atoms with E-state index in [0.29, 0.717) is 0 Å². The number of carboxylic acid groups (broad SMARTS) is 2. The fraction of sp³-hybridized carbons (Fsp3) is 0.636. The molecule has 1 saturated heterocycles. The van der Waals surface area contributed by atoms with Crippen LogP contribution in [-0.2, 0) is 23.9 Å². The number of rotatable bonds is 5. The van der Waals surface area contributed by atoms with Crippen molar-refractivity contribution >= 4 is 23.9 Å². The van der Waals surface area contributed by atoms with E-state index in [1.807, 2.05) is 0 Å². The Morgan fingerprint density at radius 1 is 1.38 bits per heavy atom. The molecule has 2 amide bonds. The molecule has 0 aromatic rings. The summed E-state index contributed by atoms with van der Waals surface area (Å²) in [5.74, 6) is -3.54. The molecule has 10 heteroatoms. The number of methoxy groups -OCH3 is 1. The average Bonchev–Trinajstić information content (AvgIpc) is 2.45. The number of amides is 2. The first-order valence-corrected chi connectivity index (χ1v) is 6.04. The van der Waals surface area contributed by atoms with Gasteiger partial charge in [-0.25, -0.2) is 14.4 Å². The molecule has 1 fully saturated rings. The Bertz CT molecular complexity index is 438. The molecule has 0 radical (unpaired) electrons. The van der Waals surface area contributed by atoms with Gasteiger partial charge < -0.3 is 29.9 Å². The third-order valence-electron chi connectivity index (χ3n) is 2.84. The van der Waals surface area contributed by atoms with Crippen molar-refractivity contribution in [2.45, 2.75) is 18.5 Å². The van der Waals surface area contributed by atoms with Crippen LogP contribution in [0.1, 0.15) is 6.42 Å². The maximum Gasteiger partial charge on any atom is 0.331 e. The van der Waals surface area contributed by atoms with Crippen molar-refractivity contribution < 1.29 is 38.9 Å². The van der Waals surface area contributed by atoms with Gasteiger partial charge in [0.1, 0.15) is 6.04 Å². The first-order valence-electron chi connectivity index (χ1n) is 6.04. The van der Waals surface area contributed by atoms with E-state index in [1.165, 1.54) is 0 Å². The summed E-state index contributed by atoms with van der Waals surface area (Å²) in [6.07, 6.45) is -0.770. The molecule has 118 valence electrons. The molecule has 0 aliphatic carbocycles. The van der Waals surface area contributed by atoms with Gasteiger partial charge in [0.15, 0.2) is 6.04 Å². The smallest absolute Gasteiger partial charge is 0.331 e. The molecule has 1 rings (SSSR count). The Kier molecular flexibility index (Phi) is 5.91. The summed E-state index contributed by atoms with van der Waals surface area (Å²) in [6, 6.07) is -3.44. The largest absolute Gasteiger partial charge is 0.481 e. The molecule has 0 bridgehead atoms. The number of nitrogens with zero attached hydrogens (tertiary/aromatic N) is 1. The van der Waals surface area contributed by atoms with Gasteiger partial charge in [0.05, 0.1) is 26.7 Å². The molecule has 10 nitrogen and oxygen atoms in total. The number of urea groups is 1. The van der Waals surface area contributed by atoms with Crippen LogP contribution >= 0.6 is 0 Å². The molecule has 1 aliphatic heterocycles. The number of nitrogens with one attached hydrogen (secondary N) is 1. The zero-order valence-electron chi connectivity index (χ0n) is 11.3. The number of esters is 1. The SMILES string of the molecule is COC(=O)C1COCCN1C(=O)NC(CC(=O)O)C(=O)O. The van der Waals surface area contributed by atoms with Gasteiger partial charge in [0.2, 0.25) is 0 Å². The molecule has 1 aliphatic rings. The van der Waals surface area contributed by atoms with Gasteiger partial charge in [0.25, 0.3) is 0 Å². The second kappa shape index (κ2) is 7.43. The van der Waals surface area contributed by atoms with Crippen molar-refractivity contribution in [3.05, 3.63) is 0 Å². The predicted octanol–water partition coefficient (Wildman–Crippen LogP) is -1.50. The minimum atomic E-state index is -1.59. The number of carboxylic acids is 2. The van der Waals surface area contributed by atoms with Crippen molar-refractivity contribution in [2.75, 3.05) is 26.9 Å². The maximum atomic E-state index is 12.0. The van der Waals surface area contributed by atoms with Crippen LogP contribution in [0.5, 0.6) is 0 Å². The van der Waals surface area contributed by atoms with Gasteiger partial charge in [-0.3, -0.25) is 4.79 Å². The summed E-state index contributed by atoms with van der Waals surface area (Å²) in [7, 11) is 1.15. The zero-order valence-corrected chi connectivity index (χ0v) is 11.3. The van der Waals surface area contributed by atoms with Crippen LogP contribution in [0, 0.1) is 0 Å². The highest BCUT2D eigenvalue weighted by Gasteiger charge is 2.35. The molecule has 0 aromatic carbocycles. The minimum absolute atomic E-state index is 0.0605. The van der Waals surface area contributed by atoms with Crippen LogP contribution in [0.4, 0.5) is 4.79 Å². The van der Waals surface area contributed by atoms with Crippen molar-refractivity contribution in [1.82, 2.24) is 10.2 Å². The molecular weight excluding hydrogens is 288 g/mol. The molecular formula is C11H16N2O8. The Balaban J connectivity index is 2.76. The first-order chi connectivity index (χ1) is 9.86. The Labute approximate surface area is 119 Å². The van der Waals surface area contributed by atoms with Gasteiger partial charge >= 0.3 is 23.9 Å². The monoisotopic (exact) mass is 304 g/mol. The van der Waals surface area contributed by atoms with Crippen LogP contribution in [0.2, 0.25) is 0 Å². The van der Waals surface area contributed by atoms with Gasteiger partial charge in [-0.1, -0.05) is 0 Å². The van der Waals surface area contributed by atoms with Crippen molar-refractivity contribution in [1.29, 1.82) is 0 Å². The number of carbonyl (C=O) groups excluding carboxylic acids is 2. The van der Waals surface area contributed by atoms with E-state index in [0.717, 1.165) is 12.0 Å². The fourth-order valence-electron chi connectivity index (χ4n) is 1.78. The number of hydrogen-bond acceptors (Lipinski definition) is 6. The first kappa shape index (κ1) is 16.7. The lowest BCUT2D eigenvalue weighted by molar-refractivity contribution is -0.151. The minimum Gasteiger partial charge on any atom is -0.481 e. The summed E-state index contributed by atoms with van der Waals surface area (Å²) < 4.78 is 9.61. The van der Waals surface area contributed by atoms with Crippen LogP contribution < -0.4 is 5.32 Å². The Morgan fingerprint density at radius 2 is 2.05 bits per heavy atom. The van der Waals surface area contributed by atoms with E-state index in [2.05, 4.69) is 10.1 Å². The predicted molar refractivity (Wildman–Crippen MR) is 65.5 cm³/mol. The third-order valence-corrected chi connectivity index (χ3v) is 2.84. The number of hydrogen-bond donors (Lipinski definition) is 3. The molecule has 1 heterocycles. The zero-order chi connectivity index (χ0) is 16.0. The maximum absolute atomic E-state index is 12.0. The van der Waals surface area contributed by atoms with Crippen molar-refractivity contribution in [3.63, 3.8) is 0 Å². The lowest BCUT2D eigenvalue weighted by atomic mass is 10.2. The van der Waals surface area contributed by atoms with Crippen LogP contribution in [-0.4, -0.2) is 78.0 Å². The Morgan fingerprint density at radius 3 is 2.57 bits per heavy atom. The molecule has 21 heavy (non-hydrogen) atoms. The second-order valence-electron chi connectivity index (χ2n) is 4.25. The summed E-state index contributed by atoms with van der Waals surface area (Å²) in [5.41, 5.74) is 0. The van der Waals surface area contributed by atoms with Crippen molar-refractivity contribution in [2.24, 2.45) is 0 Å². The highest BCUT2D eigenvalue weighted by Crippen LogP contribution is 2.09. The van der Waals surface area contributed by atoms with E-state index < -0.39 is 42.4 Å². The molecule has 2 atom stereocenters. The summed E-state index contributed by atoms with van der Waals surface area (Å²) in [6.45, 7) is 0.166. The lowest BCUT2D eigenvalue weighted by Gasteiger charge is -2.34. The van der Waals surface area contributed by atoms with E-state index >= 15 is 0 Å².